The normalized spacial score (nSPS) is 10.9. The molecule has 0 saturated carbocycles. The van der Waals surface area contributed by atoms with E-state index in [-0.39, 0.29) is 17.1 Å². The molecule has 2 aromatic rings. The molecule has 18 heavy (non-hydrogen) atoms. The van der Waals surface area contributed by atoms with Crippen molar-refractivity contribution < 1.29 is 8.78 Å². The van der Waals surface area contributed by atoms with Gasteiger partial charge in [-0.05, 0) is 12.1 Å². The van der Waals surface area contributed by atoms with Gasteiger partial charge in [-0.3, -0.25) is 4.98 Å². The third-order valence-electron chi connectivity index (χ3n) is 2.36. The fourth-order valence-corrected chi connectivity index (χ4v) is 1.71. The second-order valence-electron chi connectivity index (χ2n) is 3.63. The first-order valence-electron chi connectivity index (χ1n) is 5.29. The van der Waals surface area contributed by atoms with Gasteiger partial charge in [-0.2, -0.15) is 0 Å². The van der Waals surface area contributed by atoms with Crippen molar-refractivity contribution in [2.24, 2.45) is 0 Å². The zero-order valence-electron chi connectivity index (χ0n) is 9.35. The number of aromatic nitrogens is 3. The lowest BCUT2D eigenvalue weighted by Gasteiger charge is -2.07. The summed E-state index contributed by atoms with van der Waals surface area (Å²) in [7, 11) is 0. The first-order chi connectivity index (χ1) is 8.70. The van der Waals surface area contributed by atoms with Crippen molar-refractivity contribution in [3.8, 4) is 0 Å². The third-order valence-corrected chi connectivity index (χ3v) is 2.65. The number of pyridine rings is 1. The van der Waals surface area contributed by atoms with E-state index in [2.05, 4.69) is 15.0 Å². The molecule has 0 unspecified atom stereocenters. The van der Waals surface area contributed by atoms with Crippen LogP contribution in [0.1, 0.15) is 29.2 Å². The maximum absolute atomic E-state index is 12.8. The first kappa shape index (κ1) is 12.8. The van der Waals surface area contributed by atoms with Crippen molar-refractivity contribution in [3.63, 3.8) is 0 Å². The summed E-state index contributed by atoms with van der Waals surface area (Å²) in [6.07, 6.45) is 0.656. The molecule has 0 bridgehead atoms. The minimum atomic E-state index is -2.65. The Kier molecular flexibility index (Phi) is 4.15. The van der Waals surface area contributed by atoms with Gasteiger partial charge in [0, 0.05) is 23.7 Å². The Morgan fingerprint density at radius 2 is 2.06 bits per heavy atom. The molecule has 0 spiro atoms. The van der Waals surface area contributed by atoms with E-state index >= 15 is 0 Å². The molecular weight excluding hydrogens is 260 g/mol. The quantitative estimate of drug-likeness (QED) is 0.801. The van der Waals surface area contributed by atoms with E-state index in [4.69, 9.17) is 11.6 Å². The van der Waals surface area contributed by atoms with E-state index in [1.807, 2.05) is 6.07 Å². The number of hydrogen-bond donors (Lipinski definition) is 0. The minimum absolute atomic E-state index is 0.0243. The monoisotopic (exact) mass is 269 g/mol. The smallest absolute Gasteiger partial charge is 0.261 e. The van der Waals surface area contributed by atoms with Crippen molar-refractivity contribution in [2.75, 3.05) is 0 Å². The maximum atomic E-state index is 12.8. The summed E-state index contributed by atoms with van der Waals surface area (Å²) in [6.45, 7) is 0. The van der Waals surface area contributed by atoms with Crippen molar-refractivity contribution >= 4 is 11.6 Å². The van der Waals surface area contributed by atoms with Gasteiger partial charge in [0.15, 0.2) is 0 Å². The van der Waals surface area contributed by atoms with Crippen molar-refractivity contribution in [2.45, 2.75) is 18.7 Å². The topological polar surface area (TPSA) is 38.7 Å². The standard InChI is InChI=1S/C12H10ClF2N3/c13-6-8-7-17-10(18-11(8)12(14)15)5-9-3-1-2-4-16-9/h1-4,7,12H,5-6H2. The highest BCUT2D eigenvalue weighted by molar-refractivity contribution is 6.17. The summed E-state index contributed by atoms with van der Waals surface area (Å²) in [4.78, 5) is 12.0. The number of hydrogen-bond acceptors (Lipinski definition) is 3. The van der Waals surface area contributed by atoms with Gasteiger partial charge in [-0.15, -0.1) is 11.6 Å². The molecule has 2 aromatic heterocycles. The van der Waals surface area contributed by atoms with Crippen LogP contribution in [0, 0.1) is 0 Å². The van der Waals surface area contributed by atoms with Crippen LogP contribution in [0.25, 0.3) is 0 Å². The van der Waals surface area contributed by atoms with Gasteiger partial charge in [-0.1, -0.05) is 6.07 Å². The molecule has 3 nitrogen and oxygen atoms in total. The predicted molar refractivity (Wildman–Crippen MR) is 63.6 cm³/mol. The predicted octanol–water partition coefficient (Wildman–Crippen LogP) is 3.14. The molecule has 0 fully saturated rings. The van der Waals surface area contributed by atoms with E-state index < -0.39 is 6.43 Å². The molecule has 0 N–H and O–H groups in total. The van der Waals surface area contributed by atoms with Gasteiger partial charge in [0.25, 0.3) is 6.43 Å². The van der Waals surface area contributed by atoms with E-state index in [9.17, 15) is 8.78 Å². The average molecular weight is 270 g/mol. The molecule has 2 heterocycles. The van der Waals surface area contributed by atoms with Gasteiger partial charge in [0.2, 0.25) is 0 Å². The molecular formula is C12H10ClF2N3. The SMILES string of the molecule is FC(F)c1nc(Cc2ccccn2)ncc1CCl. The second kappa shape index (κ2) is 5.82. The molecule has 0 aromatic carbocycles. The highest BCUT2D eigenvalue weighted by atomic mass is 35.5. The van der Waals surface area contributed by atoms with E-state index in [0.29, 0.717) is 12.2 Å². The van der Waals surface area contributed by atoms with Gasteiger partial charge in [0.1, 0.15) is 11.5 Å². The van der Waals surface area contributed by atoms with Gasteiger partial charge in [-0.25, -0.2) is 18.7 Å². The second-order valence-corrected chi connectivity index (χ2v) is 3.90. The molecule has 0 atom stereocenters. The fourth-order valence-electron chi connectivity index (χ4n) is 1.50. The average Bonchev–Trinajstić information content (AvgIpc) is 2.40. The lowest BCUT2D eigenvalue weighted by atomic mass is 10.2. The first-order valence-corrected chi connectivity index (χ1v) is 5.83. The lowest BCUT2D eigenvalue weighted by Crippen LogP contribution is -2.05. The Morgan fingerprint density at radius 1 is 1.22 bits per heavy atom. The summed E-state index contributed by atoms with van der Waals surface area (Å²) in [5.74, 6) is 0.293. The Balaban J connectivity index is 2.27. The highest BCUT2D eigenvalue weighted by Gasteiger charge is 2.16. The third kappa shape index (κ3) is 2.98. The van der Waals surface area contributed by atoms with Crippen LogP contribution >= 0.6 is 11.6 Å². The molecule has 0 aliphatic heterocycles. The van der Waals surface area contributed by atoms with Crippen LogP contribution in [-0.4, -0.2) is 15.0 Å². The largest absolute Gasteiger partial charge is 0.280 e. The molecule has 0 radical (unpaired) electrons. The molecule has 6 heteroatoms. The van der Waals surface area contributed by atoms with Crippen LogP contribution in [0.2, 0.25) is 0 Å². The van der Waals surface area contributed by atoms with Crippen LogP contribution in [-0.2, 0) is 12.3 Å². The Labute approximate surface area is 108 Å². The number of nitrogens with zero attached hydrogens (tertiary/aromatic N) is 3. The fraction of sp³-hybridized carbons (Fsp3) is 0.250. The van der Waals surface area contributed by atoms with Crippen LogP contribution in [0.5, 0.6) is 0 Å². The summed E-state index contributed by atoms with van der Waals surface area (Å²) < 4.78 is 25.5. The van der Waals surface area contributed by atoms with Crippen LogP contribution < -0.4 is 0 Å². The number of alkyl halides is 3. The van der Waals surface area contributed by atoms with Crippen LogP contribution in [0.3, 0.4) is 0 Å². The zero-order valence-corrected chi connectivity index (χ0v) is 10.1. The van der Waals surface area contributed by atoms with E-state index in [1.54, 1.807) is 18.3 Å². The Morgan fingerprint density at radius 3 is 2.67 bits per heavy atom. The number of halogens is 3. The van der Waals surface area contributed by atoms with Gasteiger partial charge < -0.3 is 0 Å². The molecule has 0 aliphatic rings. The van der Waals surface area contributed by atoms with E-state index in [1.165, 1.54) is 6.20 Å². The van der Waals surface area contributed by atoms with Crippen LogP contribution in [0.15, 0.2) is 30.6 Å². The molecule has 0 amide bonds. The Hall–Kier alpha value is -1.62. The summed E-state index contributed by atoms with van der Waals surface area (Å²) in [6, 6.07) is 5.40. The summed E-state index contributed by atoms with van der Waals surface area (Å²) in [5.41, 5.74) is 0.693. The summed E-state index contributed by atoms with van der Waals surface area (Å²) >= 11 is 5.56. The zero-order chi connectivity index (χ0) is 13.0. The maximum Gasteiger partial charge on any atom is 0.280 e. The Bertz CT molecular complexity index is 520. The van der Waals surface area contributed by atoms with Crippen molar-refractivity contribution in [3.05, 3.63) is 53.4 Å². The lowest BCUT2D eigenvalue weighted by molar-refractivity contribution is 0.144. The van der Waals surface area contributed by atoms with Gasteiger partial charge in [0.05, 0.1) is 12.3 Å². The molecule has 94 valence electrons. The van der Waals surface area contributed by atoms with Crippen molar-refractivity contribution in [1.29, 1.82) is 0 Å². The molecule has 0 aliphatic carbocycles. The highest BCUT2D eigenvalue weighted by Crippen LogP contribution is 2.22. The van der Waals surface area contributed by atoms with Gasteiger partial charge >= 0.3 is 0 Å². The molecule has 2 rings (SSSR count). The summed E-state index contributed by atoms with van der Waals surface area (Å²) in [5, 5.41) is 0. The number of rotatable bonds is 4. The molecule has 0 saturated heterocycles. The van der Waals surface area contributed by atoms with Crippen LogP contribution in [0.4, 0.5) is 8.78 Å². The minimum Gasteiger partial charge on any atom is -0.261 e. The van der Waals surface area contributed by atoms with Crippen molar-refractivity contribution in [1.82, 2.24) is 15.0 Å². The van der Waals surface area contributed by atoms with E-state index in [0.717, 1.165) is 5.69 Å².